The number of hydrogen-bond donors (Lipinski definition) is 1. The van der Waals surface area contributed by atoms with Gasteiger partial charge in [-0.05, 0) is 31.6 Å². The lowest BCUT2D eigenvalue weighted by atomic mass is 9.84. The molecule has 1 saturated carbocycles. The van der Waals surface area contributed by atoms with Gasteiger partial charge in [-0.1, -0.05) is 19.8 Å². The van der Waals surface area contributed by atoms with E-state index in [1.165, 1.54) is 38.5 Å². The minimum atomic E-state index is 0.00472. The average molecular weight is 239 g/mol. The van der Waals surface area contributed by atoms with Crippen LogP contribution in [0.3, 0.4) is 0 Å². The van der Waals surface area contributed by atoms with Gasteiger partial charge in [0.15, 0.2) is 0 Å². The van der Waals surface area contributed by atoms with Gasteiger partial charge in [0.25, 0.3) is 0 Å². The van der Waals surface area contributed by atoms with Crippen molar-refractivity contribution in [3.8, 4) is 0 Å². The highest BCUT2D eigenvalue weighted by atomic mass is 16.5. The summed E-state index contributed by atoms with van der Waals surface area (Å²) < 4.78 is 11.6. The van der Waals surface area contributed by atoms with Crippen LogP contribution in [0, 0.1) is 11.3 Å². The van der Waals surface area contributed by atoms with E-state index in [1.807, 2.05) is 0 Å². The Kier molecular flexibility index (Phi) is 3.18. The van der Waals surface area contributed by atoms with Crippen LogP contribution in [0.5, 0.6) is 0 Å². The fraction of sp³-hybridized carbons (Fsp3) is 1.00. The molecule has 0 amide bonds. The second kappa shape index (κ2) is 4.52. The molecule has 2 unspecified atom stereocenters. The van der Waals surface area contributed by atoms with E-state index >= 15 is 0 Å². The van der Waals surface area contributed by atoms with Gasteiger partial charge in [-0.3, -0.25) is 5.32 Å². The quantitative estimate of drug-likeness (QED) is 0.761. The van der Waals surface area contributed by atoms with Crippen molar-refractivity contribution in [2.24, 2.45) is 11.3 Å². The molecule has 0 bridgehead atoms. The van der Waals surface area contributed by atoms with Crippen molar-refractivity contribution in [1.29, 1.82) is 0 Å². The van der Waals surface area contributed by atoms with Crippen LogP contribution in [0.1, 0.15) is 45.4 Å². The first-order chi connectivity index (χ1) is 8.26. The van der Waals surface area contributed by atoms with Crippen molar-refractivity contribution in [1.82, 2.24) is 5.32 Å². The van der Waals surface area contributed by atoms with Crippen molar-refractivity contribution in [3.05, 3.63) is 0 Å². The van der Waals surface area contributed by atoms with E-state index < -0.39 is 0 Å². The van der Waals surface area contributed by atoms with Crippen LogP contribution in [-0.4, -0.2) is 32.1 Å². The van der Waals surface area contributed by atoms with Crippen molar-refractivity contribution >= 4 is 0 Å². The lowest BCUT2D eigenvalue weighted by molar-refractivity contribution is -0.224. The lowest BCUT2D eigenvalue weighted by Crippen LogP contribution is -2.64. The predicted molar refractivity (Wildman–Crippen MR) is 66.8 cm³/mol. The zero-order valence-corrected chi connectivity index (χ0v) is 11.0. The third-order valence-electron chi connectivity index (χ3n) is 4.98. The summed E-state index contributed by atoms with van der Waals surface area (Å²) in [6.07, 6.45) is 7.75. The Balaban J connectivity index is 1.59. The maximum atomic E-state index is 6.25. The number of hydrogen-bond acceptors (Lipinski definition) is 3. The van der Waals surface area contributed by atoms with E-state index in [-0.39, 0.29) is 5.72 Å². The molecule has 2 spiro atoms. The molecule has 3 heteroatoms. The molecule has 3 rings (SSSR count). The van der Waals surface area contributed by atoms with Crippen LogP contribution in [0.4, 0.5) is 0 Å². The van der Waals surface area contributed by atoms with Crippen molar-refractivity contribution in [2.75, 3.05) is 26.4 Å². The van der Waals surface area contributed by atoms with Gasteiger partial charge >= 0.3 is 0 Å². The van der Waals surface area contributed by atoms with E-state index in [1.54, 1.807) is 0 Å². The Morgan fingerprint density at radius 1 is 1.18 bits per heavy atom. The van der Waals surface area contributed by atoms with Gasteiger partial charge in [0.05, 0.1) is 25.2 Å². The van der Waals surface area contributed by atoms with E-state index in [9.17, 15) is 0 Å². The monoisotopic (exact) mass is 239 g/mol. The van der Waals surface area contributed by atoms with E-state index in [4.69, 9.17) is 9.47 Å². The molecule has 3 nitrogen and oxygen atoms in total. The van der Waals surface area contributed by atoms with Gasteiger partial charge in [-0.2, -0.15) is 0 Å². The molecule has 1 N–H and O–H groups in total. The van der Waals surface area contributed by atoms with Crippen LogP contribution in [-0.2, 0) is 9.47 Å². The van der Waals surface area contributed by atoms with Crippen LogP contribution in [0.2, 0.25) is 0 Å². The minimum Gasteiger partial charge on any atom is -0.380 e. The summed E-state index contributed by atoms with van der Waals surface area (Å²) in [6.45, 7) is 6.07. The Bertz CT molecular complexity index is 265. The first kappa shape index (κ1) is 11.9. The molecule has 17 heavy (non-hydrogen) atoms. The second-order valence-electron chi connectivity index (χ2n) is 6.33. The van der Waals surface area contributed by atoms with Crippen LogP contribution < -0.4 is 5.32 Å². The highest BCUT2D eigenvalue weighted by Crippen LogP contribution is 2.39. The smallest absolute Gasteiger partial charge is 0.119 e. The van der Waals surface area contributed by atoms with Crippen molar-refractivity contribution in [2.45, 2.75) is 51.2 Å². The molecule has 2 saturated heterocycles. The fourth-order valence-corrected chi connectivity index (χ4v) is 3.43. The largest absolute Gasteiger partial charge is 0.380 e. The highest BCUT2D eigenvalue weighted by molar-refractivity contribution is 4.96. The summed E-state index contributed by atoms with van der Waals surface area (Å²) in [5.74, 6) is 0.919. The summed E-state index contributed by atoms with van der Waals surface area (Å²) in [7, 11) is 0. The zero-order chi connectivity index (χ0) is 11.8. The van der Waals surface area contributed by atoms with Gasteiger partial charge in [0.1, 0.15) is 5.72 Å². The fourth-order valence-electron chi connectivity index (χ4n) is 3.43. The molecule has 2 atom stereocenters. The van der Waals surface area contributed by atoms with Crippen LogP contribution in [0.15, 0.2) is 0 Å². The molecule has 2 heterocycles. The maximum absolute atomic E-state index is 6.25. The topological polar surface area (TPSA) is 30.5 Å². The standard InChI is InChI=1S/C14H25NO2/c1-2-12-4-3-6-14(7-5-12)15-8-13(11-17-14)9-16-10-13/h12,15H,2-11H2,1H3. The van der Waals surface area contributed by atoms with E-state index in [2.05, 4.69) is 12.2 Å². The molecule has 0 aromatic carbocycles. The van der Waals surface area contributed by atoms with Gasteiger partial charge in [0.2, 0.25) is 0 Å². The summed E-state index contributed by atoms with van der Waals surface area (Å²) in [6, 6.07) is 0. The number of nitrogens with one attached hydrogen (secondary N) is 1. The van der Waals surface area contributed by atoms with E-state index in [0.717, 1.165) is 32.3 Å². The van der Waals surface area contributed by atoms with Gasteiger partial charge in [-0.25, -0.2) is 0 Å². The Hall–Kier alpha value is -0.120. The molecular formula is C14H25NO2. The summed E-state index contributed by atoms with van der Waals surface area (Å²) >= 11 is 0. The molecule has 0 radical (unpaired) electrons. The highest BCUT2D eigenvalue weighted by Gasteiger charge is 2.47. The minimum absolute atomic E-state index is 0.00472. The van der Waals surface area contributed by atoms with E-state index in [0.29, 0.717) is 5.41 Å². The third kappa shape index (κ3) is 2.25. The first-order valence-electron chi connectivity index (χ1n) is 7.23. The van der Waals surface area contributed by atoms with Gasteiger partial charge in [-0.15, -0.1) is 0 Å². The average Bonchev–Trinajstić information content (AvgIpc) is 2.51. The van der Waals surface area contributed by atoms with Crippen LogP contribution >= 0.6 is 0 Å². The maximum Gasteiger partial charge on any atom is 0.119 e. The second-order valence-corrected chi connectivity index (χ2v) is 6.33. The van der Waals surface area contributed by atoms with Gasteiger partial charge in [0, 0.05) is 6.54 Å². The number of ether oxygens (including phenoxy) is 2. The molecule has 2 aliphatic heterocycles. The molecule has 0 aromatic heterocycles. The molecule has 1 aliphatic carbocycles. The summed E-state index contributed by atoms with van der Waals surface area (Å²) in [4.78, 5) is 0. The molecule has 3 fully saturated rings. The lowest BCUT2D eigenvalue weighted by Gasteiger charge is -2.51. The van der Waals surface area contributed by atoms with Crippen molar-refractivity contribution in [3.63, 3.8) is 0 Å². The molecule has 98 valence electrons. The summed E-state index contributed by atoms with van der Waals surface area (Å²) in [5.41, 5.74) is 0.312. The zero-order valence-electron chi connectivity index (χ0n) is 11.0. The predicted octanol–water partition coefficient (Wildman–Crippen LogP) is 2.31. The van der Waals surface area contributed by atoms with Crippen LogP contribution in [0.25, 0.3) is 0 Å². The third-order valence-corrected chi connectivity index (χ3v) is 4.98. The number of rotatable bonds is 1. The molecule has 3 aliphatic rings. The Morgan fingerprint density at radius 3 is 2.65 bits per heavy atom. The van der Waals surface area contributed by atoms with Crippen molar-refractivity contribution < 1.29 is 9.47 Å². The molecular weight excluding hydrogens is 214 g/mol. The SMILES string of the molecule is CCC1CCCC2(CC1)NCC1(COC1)CO2. The first-order valence-corrected chi connectivity index (χ1v) is 7.23. The normalized spacial score (nSPS) is 41.1. The van der Waals surface area contributed by atoms with Gasteiger partial charge < -0.3 is 9.47 Å². The Labute approximate surface area is 104 Å². The Morgan fingerprint density at radius 2 is 2.06 bits per heavy atom. The molecule has 0 aromatic rings. The summed E-state index contributed by atoms with van der Waals surface area (Å²) in [5, 5.41) is 3.71.